The summed E-state index contributed by atoms with van der Waals surface area (Å²) < 4.78 is 19.0. The topological polar surface area (TPSA) is 74.2 Å². The minimum Gasteiger partial charge on any atom is -0.422 e. The van der Waals surface area contributed by atoms with Crippen LogP contribution in [0.5, 0.6) is 0 Å². The van der Waals surface area contributed by atoms with Crippen molar-refractivity contribution in [2.24, 2.45) is 5.10 Å². The molecule has 0 atom stereocenters. The Hall–Kier alpha value is -2.68. The number of hydrogen-bond donors (Lipinski definition) is 1. The molecule has 0 fully saturated rings. The van der Waals surface area contributed by atoms with Gasteiger partial charge in [0.05, 0.1) is 6.21 Å². The zero-order valence-electron chi connectivity index (χ0n) is 12.5. The van der Waals surface area contributed by atoms with Crippen LogP contribution in [-0.4, -0.2) is 11.2 Å². The first-order chi connectivity index (χ1) is 10.7. The molecule has 0 unspecified atom stereocenters. The maximum Gasteiger partial charge on any atom is 0.252 e. The van der Waals surface area contributed by atoms with Crippen molar-refractivity contribution in [1.82, 2.24) is 4.98 Å². The van der Waals surface area contributed by atoms with E-state index in [4.69, 9.17) is 9.68 Å². The zero-order valence-corrected chi connectivity index (χ0v) is 12.5. The van der Waals surface area contributed by atoms with Crippen LogP contribution in [0.1, 0.15) is 49.8 Å². The monoisotopic (exact) mass is 300 g/mol. The Balaban J connectivity index is 2.16. The zero-order chi connectivity index (χ0) is 15.9. The normalized spacial score (nSPS) is 11.0. The Morgan fingerprint density at radius 2 is 2.14 bits per heavy atom. The lowest BCUT2D eigenvalue weighted by atomic mass is 10.0. The van der Waals surface area contributed by atoms with Gasteiger partial charge in [0.15, 0.2) is 0 Å². The molecule has 0 bridgehead atoms. The molecule has 114 valence electrons. The molecule has 0 spiro atoms. The molecule has 1 aromatic heterocycles. The first-order valence-corrected chi connectivity index (χ1v) is 7.14. The summed E-state index contributed by atoms with van der Waals surface area (Å²) >= 11 is 0. The number of nitrogens with one attached hydrogen (secondary N) is 1. The summed E-state index contributed by atoms with van der Waals surface area (Å²) in [7, 11) is 0. The fraction of sp³-hybridized carbons (Fsp3) is 0.312. The molecule has 0 aliphatic rings. The molecule has 6 heteroatoms. The number of hydrogen-bond acceptors (Lipinski definition) is 5. The molecule has 0 radical (unpaired) electrons. The largest absolute Gasteiger partial charge is 0.422 e. The van der Waals surface area contributed by atoms with Gasteiger partial charge in [-0.25, -0.2) is 14.8 Å². The van der Waals surface area contributed by atoms with Crippen LogP contribution in [0.2, 0.25) is 0 Å². The van der Waals surface area contributed by atoms with Crippen LogP contribution in [0.3, 0.4) is 0 Å². The molecule has 0 amide bonds. The number of anilines is 1. The number of benzene rings is 1. The van der Waals surface area contributed by atoms with Gasteiger partial charge in [0.1, 0.15) is 11.9 Å². The molecule has 1 heterocycles. The van der Waals surface area contributed by atoms with Gasteiger partial charge < -0.3 is 4.42 Å². The van der Waals surface area contributed by atoms with Crippen molar-refractivity contribution in [3.63, 3.8) is 0 Å². The second kappa shape index (κ2) is 7.36. The fourth-order valence-corrected chi connectivity index (χ4v) is 2.04. The van der Waals surface area contributed by atoms with Crippen LogP contribution in [0, 0.1) is 17.1 Å². The minimum absolute atomic E-state index is 0.146. The summed E-state index contributed by atoms with van der Waals surface area (Å²) in [6, 6.07) is 8.23. The Morgan fingerprint density at radius 1 is 1.41 bits per heavy atom. The average Bonchev–Trinajstić information content (AvgIpc) is 2.93. The van der Waals surface area contributed by atoms with Crippen molar-refractivity contribution in [1.29, 1.82) is 5.26 Å². The third-order valence-corrected chi connectivity index (χ3v) is 3.36. The summed E-state index contributed by atoms with van der Waals surface area (Å²) in [6.07, 6.45) is 3.08. The maximum atomic E-state index is 13.5. The minimum atomic E-state index is -0.371. The highest BCUT2D eigenvalue weighted by Gasteiger charge is 2.18. The summed E-state index contributed by atoms with van der Waals surface area (Å²) in [5, 5.41) is 13.0. The van der Waals surface area contributed by atoms with Crippen molar-refractivity contribution >= 4 is 12.1 Å². The molecule has 5 nitrogen and oxygen atoms in total. The van der Waals surface area contributed by atoms with E-state index in [-0.39, 0.29) is 23.3 Å². The van der Waals surface area contributed by atoms with Crippen LogP contribution in [-0.2, 0) is 0 Å². The van der Waals surface area contributed by atoms with Gasteiger partial charge in [-0.3, -0.25) is 0 Å². The highest BCUT2D eigenvalue weighted by Crippen LogP contribution is 2.27. The van der Waals surface area contributed by atoms with Crippen molar-refractivity contribution < 1.29 is 8.81 Å². The summed E-state index contributed by atoms with van der Waals surface area (Å²) in [4.78, 5) is 4.18. The van der Waals surface area contributed by atoms with Crippen LogP contribution >= 0.6 is 0 Å². The highest BCUT2D eigenvalue weighted by molar-refractivity contribution is 5.80. The van der Waals surface area contributed by atoms with Gasteiger partial charge in [-0.05, 0) is 18.9 Å². The van der Waals surface area contributed by atoms with E-state index in [0.29, 0.717) is 11.5 Å². The van der Waals surface area contributed by atoms with E-state index in [0.717, 1.165) is 12.8 Å². The number of hydrazone groups is 1. The molecule has 0 aliphatic carbocycles. The lowest BCUT2D eigenvalue weighted by Crippen LogP contribution is -1.95. The van der Waals surface area contributed by atoms with Crippen molar-refractivity contribution in [3.05, 3.63) is 47.2 Å². The molecule has 22 heavy (non-hydrogen) atoms. The van der Waals surface area contributed by atoms with E-state index >= 15 is 0 Å². The van der Waals surface area contributed by atoms with E-state index in [1.54, 1.807) is 18.2 Å². The van der Waals surface area contributed by atoms with Crippen LogP contribution in [0.15, 0.2) is 33.8 Å². The third kappa shape index (κ3) is 3.50. The number of halogens is 1. The van der Waals surface area contributed by atoms with Gasteiger partial charge in [-0.15, -0.1) is 0 Å². The molecule has 1 aromatic carbocycles. The van der Waals surface area contributed by atoms with E-state index in [1.165, 1.54) is 12.3 Å². The maximum absolute atomic E-state index is 13.5. The van der Waals surface area contributed by atoms with Crippen LogP contribution in [0.4, 0.5) is 10.3 Å². The highest BCUT2D eigenvalue weighted by atomic mass is 19.1. The molecule has 2 aromatic rings. The predicted molar refractivity (Wildman–Crippen MR) is 82.2 cm³/mol. The van der Waals surface area contributed by atoms with Gasteiger partial charge >= 0.3 is 0 Å². The molecule has 0 aliphatic heterocycles. The molecular formula is C16H17FN4O. The molecule has 2 rings (SSSR count). The van der Waals surface area contributed by atoms with E-state index in [2.05, 4.69) is 15.5 Å². The summed E-state index contributed by atoms with van der Waals surface area (Å²) in [5.41, 5.74) is 3.10. The molecule has 0 saturated carbocycles. The van der Waals surface area contributed by atoms with Gasteiger partial charge in [0.2, 0.25) is 11.6 Å². The fourth-order valence-electron chi connectivity index (χ4n) is 2.04. The summed E-state index contributed by atoms with van der Waals surface area (Å²) in [5.74, 6) is 0.490. The van der Waals surface area contributed by atoms with Gasteiger partial charge in [0, 0.05) is 11.5 Å². The van der Waals surface area contributed by atoms with Gasteiger partial charge in [0.25, 0.3) is 5.88 Å². The van der Waals surface area contributed by atoms with E-state index in [9.17, 15) is 4.39 Å². The van der Waals surface area contributed by atoms with Crippen LogP contribution in [0.25, 0.3) is 0 Å². The quantitative estimate of drug-likeness (QED) is 0.645. The Labute approximate surface area is 128 Å². The first kappa shape index (κ1) is 15.7. The Bertz CT molecular complexity index is 698. The number of nitrogens with zero attached hydrogens (tertiary/aromatic N) is 3. The standard InChI is InChI=1S/C16H17FN4O/c1-3-11(4-2)15-20-14(9-18)16(22-15)21-19-10-12-7-5-6-8-13(12)17/h5-8,10-11,21H,3-4H2,1-2H3. The Kier molecular flexibility index (Phi) is 5.26. The lowest BCUT2D eigenvalue weighted by Gasteiger charge is -2.05. The summed E-state index contributed by atoms with van der Waals surface area (Å²) in [6.45, 7) is 4.07. The second-order valence-electron chi connectivity index (χ2n) is 4.75. The SMILES string of the molecule is CCC(CC)c1nc(C#N)c(NN=Cc2ccccc2F)o1. The lowest BCUT2D eigenvalue weighted by molar-refractivity contribution is 0.439. The van der Waals surface area contributed by atoms with E-state index in [1.807, 2.05) is 19.9 Å². The van der Waals surface area contributed by atoms with Crippen molar-refractivity contribution in [2.45, 2.75) is 32.6 Å². The number of nitriles is 1. The van der Waals surface area contributed by atoms with E-state index < -0.39 is 0 Å². The number of oxazole rings is 1. The number of aromatic nitrogens is 1. The predicted octanol–water partition coefficient (Wildman–Crippen LogP) is 4.03. The van der Waals surface area contributed by atoms with Gasteiger partial charge in [-0.1, -0.05) is 32.0 Å². The second-order valence-corrected chi connectivity index (χ2v) is 4.75. The van der Waals surface area contributed by atoms with Crippen molar-refractivity contribution in [3.8, 4) is 6.07 Å². The van der Waals surface area contributed by atoms with Crippen molar-refractivity contribution in [2.75, 3.05) is 5.43 Å². The number of rotatable bonds is 6. The average molecular weight is 300 g/mol. The van der Waals surface area contributed by atoms with Gasteiger partial charge in [-0.2, -0.15) is 10.4 Å². The molecular weight excluding hydrogens is 283 g/mol. The third-order valence-electron chi connectivity index (χ3n) is 3.36. The Morgan fingerprint density at radius 3 is 2.77 bits per heavy atom. The smallest absolute Gasteiger partial charge is 0.252 e. The molecule has 0 saturated heterocycles. The molecule has 1 N–H and O–H groups in total. The first-order valence-electron chi connectivity index (χ1n) is 7.14. The van der Waals surface area contributed by atoms with Crippen LogP contribution < -0.4 is 5.43 Å².